The second-order valence-electron chi connectivity index (χ2n) is 5.48. The molecule has 2 aliphatic heterocycles. The van der Waals surface area contributed by atoms with Crippen LogP contribution in [0, 0.1) is 0 Å². The van der Waals surface area contributed by atoms with E-state index in [0.29, 0.717) is 0 Å². The van der Waals surface area contributed by atoms with Crippen LogP contribution in [-0.4, -0.2) is 110 Å². The lowest BCUT2D eigenvalue weighted by Gasteiger charge is -2.43. The second kappa shape index (κ2) is 7.61. The fourth-order valence-electron chi connectivity index (χ4n) is 2.47. The predicted molar refractivity (Wildman–Crippen MR) is 67.5 cm³/mol. The average Bonchev–Trinajstić information content (AvgIpc) is 2.55. The van der Waals surface area contributed by atoms with Crippen LogP contribution in [0.5, 0.6) is 0 Å². The molecule has 0 aromatic carbocycles. The minimum atomic E-state index is -2.22. The lowest BCUT2D eigenvalue weighted by molar-refractivity contribution is -0.370. The van der Waals surface area contributed by atoms with Gasteiger partial charge in [0.1, 0.15) is 42.7 Å². The molecule has 10 nitrogen and oxygen atoms in total. The van der Waals surface area contributed by atoms with Crippen LogP contribution in [0.2, 0.25) is 0 Å². The molecule has 2 saturated heterocycles. The highest BCUT2D eigenvalue weighted by Gasteiger charge is 2.50. The Hall–Kier alpha value is -0.470. The molecule has 0 aromatic heterocycles. The van der Waals surface area contributed by atoms with Crippen LogP contribution >= 0.6 is 0 Å². The van der Waals surface area contributed by atoms with E-state index >= 15 is 0 Å². The summed E-state index contributed by atoms with van der Waals surface area (Å²) in [6, 6.07) is 0. The van der Waals surface area contributed by atoms with Crippen molar-refractivity contribution in [2.24, 2.45) is 0 Å². The van der Waals surface area contributed by atoms with Gasteiger partial charge in [-0.05, 0) is 0 Å². The molecule has 23 heavy (non-hydrogen) atoms. The van der Waals surface area contributed by atoms with Crippen molar-refractivity contribution in [1.29, 1.82) is 0 Å². The van der Waals surface area contributed by atoms with E-state index < -0.39 is 74.7 Å². The number of hydrogen-bond acceptors (Lipinski definition) is 10. The third-order valence-electron chi connectivity index (χ3n) is 3.92. The van der Waals surface area contributed by atoms with Crippen LogP contribution in [0.15, 0.2) is 0 Å². The van der Waals surface area contributed by atoms with E-state index in [9.17, 15) is 29.9 Å². The van der Waals surface area contributed by atoms with Gasteiger partial charge in [-0.25, -0.2) is 4.39 Å². The maximum absolute atomic E-state index is 14.0. The zero-order chi connectivity index (χ0) is 17.3. The van der Waals surface area contributed by atoms with Crippen molar-refractivity contribution in [1.82, 2.24) is 0 Å². The lowest BCUT2D eigenvalue weighted by atomic mass is 9.98. The molecule has 0 bridgehead atoms. The molecule has 11 heteroatoms. The first-order valence-corrected chi connectivity index (χ1v) is 7.04. The Morgan fingerprint density at radius 3 is 1.70 bits per heavy atom. The molecule has 0 saturated carbocycles. The molecule has 2 rings (SSSR count). The van der Waals surface area contributed by atoms with Crippen LogP contribution in [0.4, 0.5) is 4.39 Å². The van der Waals surface area contributed by atoms with E-state index in [1.165, 1.54) is 0 Å². The van der Waals surface area contributed by atoms with E-state index in [1.54, 1.807) is 0 Å². The molecular formula is C12H21FO10. The van der Waals surface area contributed by atoms with Gasteiger partial charge in [-0.1, -0.05) is 0 Å². The zero-order valence-corrected chi connectivity index (χ0v) is 11.9. The number of ether oxygens (including phenoxy) is 3. The van der Waals surface area contributed by atoms with Gasteiger partial charge in [-0.2, -0.15) is 0 Å². The maximum Gasteiger partial charge on any atom is 0.195 e. The highest BCUT2D eigenvalue weighted by molar-refractivity contribution is 4.92. The summed E-state index contributed by atoms with van der Waals surface area (Å²) in [5.41, 5.74) is 0. The number of aliphatic hydroxyl groups is 7. The molecule has 0 amide bonds. The van der Waals surface area contributed by atoms with Gasteiger partial charge in [0.05, 0.1) is 13.2 Å². The normalized spacial score (nSPS) is 51.7. The summed E-state index contributed by atoms with van der Waals surface area (Å²) in [5, 5.41) is 66.2. The zero-order valence-electron chi connectivity index (χ0n) is 11.9. The first-order valence-electron chi connectivity index (χ1n) is 7.04. The molecular weight excluding hydrogens is 323 g/mol. The third kappa shape index (κ3) is 3.64. The first-order chi connectivity index (χ1) is 10.8. The largest absolute Gasteiger partial charge is 0.394 e. The van der Waals surface area contributed by atoms with E-state index in [4.69, 9.17) is 24.4 Å². The van der Waals surface area contributed by atoms with E-state index in [2.05, 4.69) is 0 Å². The van der Waals surface area contributed by atoms with Crippen molar-refractivity contribution in [3.8, 4) is 0 Å². The maximum atomic E-state index is 14.0. The molecule has 10 atom stereocenters. The van der Waals surface area contributed by atoms with Crippen molar-refractivity contribution in [2.45, 2.75) is 61.5 Å². The van der Waals surface area contributed by atoms with Gasteiger partial charge in [-0.15, -0.1) is 0 Å². The van der Waals surface area contributed by atoms with Crippen molar-refractivity contribution >= 4 is 0 Å². The van der Waals surface area contributed by atoms with Crippen molar-refractivity contribution in [3.05, 3.63) is 0 Å². The number of halogens is 1. The Bertz CT molecular complexity index is 349. The fourth-order valence-corrected chi connectivity index (χ4v) is 2.47. The average molecular weight is 344 g/mol. The van der Waals surface area contributed by atoms with Gasteiger partial charge >= 0.3 is 0 Å². The number of rotatable bonds is 4. The lowest BCUT2D eigenvalue weighted by Crippen LogP contribution is -2.63. The molecule has 2 heterocycles. The summed E-state index contributed by atoms with van der Waals surface area (Å²) in [5.74, 6) is 0. The Balaban J connectivity index is 2.07. The Morgan fingerprint density at radius 2 is 1.17 bits per heavy atom. The van der Waals surface area contributed by atoms with Gasteiger partial charge in [-0.3, -0.25) is 0 Å². The SMILES string of the molecule is OCC1O[C@H](O[C@H]2OC(CO)[C@@H](O)[C@H](O)C2F)C(O)C(O)[C@@H]1O. The Labute approximate surface area is 130 Å². The number of aliphatic hydroxyl groups excluding tert-OH is 7. The smallest absolute Gasteiger partial charge is 0.195 e. The van der Waals surface area contributed by atoms with Crippen molar-refractivity contribution in [3.63, 3.8) is 0 Å². The second-order valence-corrected chi connectivity index (χ2v) is 5.48. The van der Waals surface area contributed by atoms with E-state index in [0.717, 1.165) is 0 Å². The monoisotopic (exact) mass is 344 g/mol. The first kappa shape index (κ1) is 18.9. The summed E-state index contributed by atoms with van der Waals surface area (Å²) in [6.07, 6.45) is -17.0. The summed E-state index contributed by atoms with van der Waals surface area (Å²) in [6.45, 7) is -1.42. The van der Waals surface area contributed by atoms with E-state index in [-0.39, 0.29) is 0 Å². The third-order valence-corrected chi connectivity index (χ3v) is 3.92. The number of alkyl halides is 1. The van der Waals surface area contributed by atoms with Crippen LogP contribution in [0.3, 0.4) is 0 Å². The Kier molecular flexibility index (Phi) is 6.24. The highest BCUT2D eigenvalue weighted by Crippen LogP contribution is 2.29. The van der Waals surface area contributed by atoms with Gasteiger partial charge in [0.2, 0.25) is 0 Å². The summed E-state index contributed by atoms with van der Waals surface area (Å²) in [4.78, 5) is 0. The molecule has 5 unspecified atom stereocenters. The minimum Gasteiger partial charge on any atom is -0.394 e. The molecule has 0 aliphatic carbocycles. The summed E-state index contributed by atoms with van der Waals surface area (Å²) < 4.78 is 29.0. The van der Waals surface area contributed by atoms with Gasteiger partial charge in [0.25, 0.3) is 0 Å². The topological polar surface area (TPSA) is 169 Å². The summed E-state index contributed by atoms with van der Waals surface area (Å²) >= 11 is 0. The van der Waals surface area contributed by atoms with Crippen molar-refractivity contribution in [2.75, 3.05) is 13.2 Å². The molecule has 0 spiro atoms. The molecule has 0 aromatic rings. The molecule has 136 valence electrons. The Morgan fingerprint density at radius 1 is 0.696 bits per heavy atom. The van der Waals surface area contributed by atoms with E-state index in [1.807, 2.05) is 0 Å². The van der Waals surface area contributed by atoms with Gasteiger partial charge < -0.3 is 50.0 Å². The fraction of sp³-hybridized carbons (Fsp3) is 1.00. The van der Waals surface area contributed by atoms with Crippen molar-refractivity contribution < 1.29 is 54.3 Å². The van der Waals surface area contributed by atoms with Crippen LogP contribution in [0.25, 0.3) is 0 Å². The molecule has 2 aliphatic rings. The quantitative estimate of drug-likeness (QED) is 0.264. The molecule has 0 radical (unpaired) electrons. The van der Waals surface area contributed by atoms with Crippen LogP contribution in [-0.2, 0) is 14.2 Å². The van der Waals surface area contributed by atoms with Gasteiger partial charge in [0.15, 0.2) is 18.8 Å². The molecule has 2 fully saturated rings. The minimum absolute atomic E-state index is 0.698. The van der Waals surface area contributed by atoms with Crippen LogP contribution in [0.1, 0.15) is 0 Å². The predicted octanol–water partition coefficient (Wildman–Crippen LogP) is -4.42. The number of hydrogen-bond donors (Lipinski definition) is 7. The van der Waals surface area contributed by atoms with Gasteiger partial charge in [0, 0.05) is 0 Å². The molecule has 7 N–H and O–H groups in total. The highest BCUT2D eigenvalue weighted by atomic mass is 19.1. The standard InChI is InChI=1S/C12H21FO10/c13-5-8(18)6(16)3(1-14)21-11(5)23-12-10(20)9(19)7(17)4(2-15)22-12/h3-12,14-20H,1-2H2/t3?,4?,5?,6-,7-,8-,9?,10?,11-,12-/m1/s1. The summed E-state index contributed by atoms with van der Waals surface area (Å²) in [7, 11) is 0. The van der Waals surface area contributed by atoms with Crippen LogP contribution < -0.4 is 0 Å².